The van der Waals surface area contributed by atoms with E-state index in [4.69, 9.17) is 9.47 Å². The van der Waals surface area contributed by atoms with Crippen LogP contribution in [0.5, 0.6) is 0 Å². The normalized spacial score (nSPS) is 27.4. The molecule has 1 N–H and O–H groups in total. The fourth-order valence-electron chi connectivity index (χ4n) is 7.00. The number of hydrogen-bond acceptors (Lipinski definition) is 6. The highest BCUT2D eigenvalue weighted by Gasteiger charge is 2.75. The van der Waals surface area contributed by atoms with E-state index in [0.717, 1.165) is 22.4 Å². The second kappa shape index (κ2) is 11.2. The number of ether oxygens (including phenoxy) is 2. The Morgan fingerprint density at radius 3 is 2.67 bits per heavy atom. The van der Waals surface area contributed by atoms with Gasteiger partial charge in [-0.1, -0.05) is 48.5 Å². The molecule has 3 heterocycles. The Balaban J connectivity index is 1.62. The number of fused-ring (bicyclic) bond motifs is 1. The smallest absolute Gasteiger partial charge is 0.312 e. The molecule has 2 bridgehead atoms. The molecule has 0 radical (unpaired) electrons. The van der Waals surface area contributed by atoms with Crippen LogP contribution in [0.3, 0.4) is 0 Å². The summed E-state index contributed by atoms with van der Waals surface area (Å²) < 4.78 is 11.9. The van der Waals surface area contributed by atoms with Gasteiger partial charge < -0.3 is 24.4 Å². The zero-order valence-corrected chi connectivity index (χ0v) is 23.4. The van der Waals surface area contributed by atoms with Gasteiger partial charge in [-0.25, -0.2) is 0 Å². The molecule has 0 aliphatic carbocycles. The maximum absolute atomic E-state index is 14.8. The molecule has 3 saturated heterocycles. The number of aliphatic hydroxyl groups is 1. The Morgan fingerprint density at radius 2 is 2.00 bits per heavy atom. The molecule has 2 amide bonds. The lowest BCUT2D eigenvalue weighted by Gasteiger charge is -2.39. The summed E-state index contributed by atoms with van der Waals surface area (Å²) >= 11 is 0. The molecular weight excluding hydrogens is 508 g/mol. The van der Waals surface area contributed by atoms with Gasteiger partial charge in [-0.15, -0.1) is 6.58 Å². The van der Waals surface area contributed by atoms with Crippen molar-refractivity contribution in [2.45, 2.75) is 63.8 Å². The van der Waals surface area contributed by atoms with Crippen molar-refractivity contribution in [2.75, 3.05) is 24.7 Å². The SMILES string of the molecule is C=CCN(C(=O)[C@H]1N([C@@H](CO)Cc2ccccc2)C(=O)[C@@H]2[C@@H](C(=O)OCC)[C@H]3CC[C@]21O3)c1cc(C)ccc1C. The first-order valence-corrected chi connectivity index (χ1v) is 14.1. The standard InChI is InChI=1S/C32H38N2O6/c1-5-16-33(24-17-20(3)12-13-21(24)4)30(37)28-32-15-14-25(40-32)26(31(38)39-6-2)27(32)29(36)34(28)23(19-35)18-22-10-8-7-9-11-22/h5,7-13,17,23,25-28,35H,1,6,14-16,18-19H2,2-4H3/t23-,25-,26+,27+,28-,32+/m1/s1. The van der Waals surface area contributed by atoms with Crippen molar-refractivity contribution in [3.05, 3.63) is 77.9 Å². The number of aryl methyl sites for hydroxylation is 2. The van der Waals surface area contributed by atoms with E-state index in [2.05, 4.69) is 6.58 Å². The van der Waals surface area contributed by atoms with Crippen molar-refractivity contribution in [3.63, 3.8) is 0 Å². The van der Waals surface area contributed by atoms with Crippen molar-refractivity contribution >= 4 is 23.5 Å². The van der Waals surface area contributed by atoms with E-state index >= 15 is 0 Å². The molecule has 3 fully saturated rings. The first kappa shape index (κ1) is 28.1. The van der Waals surface area contributed by atoms with Crippen LogP contribution >= 0.6 is 0 Å². The molecule has 5 rings (SSSR count). The van der Waals surface area contributed by atoms with Gasteiger partial charge in [0.25, 0.3) is 5.91 Å². The number of nitrogens with zero attached hydrogens (tertiary/aromatic N) is 2. The third-order valence-corrected chi connectivity index (χ3v) is 8.68. The summed E-state index contributed by atoms with van der Waals surface area (Å²) in [6, 6.07) is 13.8. The molecule has 8 heteroatoms. The summed E-state index contributed by atoms with van der Waals surface area (Å²) in [6.45, 7) is 9.61. The third-order valence-electron chi connectivity index (χ3n) is 8.68. The van der Waals surface area contributed by atoms with Gasteiger partial charge in [0.1, 0.15) is 11.6 Å². The van der Waals surface area contributed by atoms with Crippen LogP contribution in [0, 0.1) is 25.7 Å². The molecule has 3 aliphatic rings. The van der Waals surface area contributed by atoms with E-state index in [1.165, 1.54) is 4.90 Å². The summed E-state index contributed by atoms with van der Waals surface area (Å²) in [4.78, 5) is 45.5. The molecule has 3 aliphatic heterocycles. The minimum Gasteiger partial charge on any atom is -0.466 e. The Bertz CT molecular complexity index is 1300. The van der Waals surface area contributed by atoms with Crippen LogP contribution in [0.15, 0.2) is 61.2 Å². The number of benzene rings is 2. The molecule has 40 heavy (non-hydrogen) atoms. The summed E-state index contributed by atoms with van der Waals surface area (Å²) in [7, 11) is 0. The van der Waals surface area contributed by atoms with Crippen LogP contribution < -0.4 is 4.90 Å². The monoisotopic (exact) mass is 546 g/mol. The molecule has 0 aromatic heterocycles. The lowest BCUT2D eigenvalue weighted by Crippen LogP contribution is -2.59. The Labute approximate surface area is 235 Å². The van der Waals surface area contributed by atoms with E-state index in [0.29, 0.717) is 19.3 Å². The number of anilines is 1. The van der Waals surface area contributed by atoms with Crippen molar-refractivity contribution in [2.24, 2.45) is 11.8 Å². The zero-order valence-electron chi connectivity index (χ0n) is 23.4. The number of esters is 1. The molecule has 0 saturated carbocycles. The second-order valence-corrected chi connectivity index (χ2v) is 11.1. The van der Waals surface area contributed by atoms with Crippen molar-refractivity contribution in [1.82, 2.24) is 4.90 Å². The molecule has 2 aromatic carbocycles. The van der Waals surface area contributed by atoms with Crippen LogP contribution in [0.2, 0.25) is 0 Å². The summed E-state index contributed by atoms with van der Waals surface area (Å²) in [6.07, 6.45) is 2.56. The Hall–Kier alpha value is -3.49. The predicted molar refractivity (Wildman–Crippen MR) is 151 cm³/mol. The Kier molecular flexibility index (Phi) is 7.84. The molecular formula is C32H38N2O6. The van der Waals surface area contributed by atoms with Gasteiger partial charge in [-0.3, -0.25) is 14.4 Å². The third kappa shape index (κ3) is 4.53. The van der Waals surface area contributed by atoms with E-state index in [1.54, 1.807) is 17.9 Å². The van der Waals surface area contributed by atoms with Crippen molar-refractivity contribution in [1.29, 1.82) is 0 Å². The molecule has 1 spiro atoms. The van der Waals surface area contributed by atoms with Gasteiger partial charge in [0.2, 0.25) is 5.91 Å². The van der Waals surface area contributed by atoms with E-state index in [9.17, 15) is 19.5 Å². The van der Waals surface area contributed by atoms with Gasteiger partial charge in [0, 0.05) is 12.2 Å². The highest BCUT2D eigenvalue weighted by molar-refractivity contribution is 6.05. The maximum Gasteiger partial charge on any atom is 0.312 e. The Morgan fingerprint density at radius 1 is 1.25 bits per heavy atom. The number of amides is 2. The van der Waals surface area contributed by atoms with Gasteiger partial charge >= 0.3 is 5.97 Å². The fourth-order valence-corrected chi connectivity index (χ4v) is 7.00. The van der Waals surface area contributed by atoms with Crippen molar-refractivity contribution < 1.29 is 29.0 Å². The number of likely N-dealkylation sites (tertiary alicyclic amines) is 1. The van der Waals surface area contributed by atoms with Gasteiger partial charge in [-0.05, 0) is 62.8 Å². The van der Waals surface area contributed by atoms with Crippen LogP contribution in [-0.2, 0) is 30.3 Å². The number of rotatable bonds is 10. The topological polar surface area (TPSA) is 96.4 Å². The largest absolute Gasteiger partial charge is 0.466 e. The number of carbonyl (C=O) groups is 3. The average Bonchev–Trinajstić information content (AvgIpc) is 3.59. The summed E-state index contributed by atoms with van der Waals surface area (Å²) in [5.74, 6) is -2.75. The number of aliphatic hydroxyl groups excluding tert-OH is 1. The summed E-state index contributed by atoms with van der Waals surface area (Å²) in [5.41, 5.74) is 2.39. The minimum absolute atomic E-state index is 0.190. The van der Waals surface area contributed by atoms with E-state index < -0.39 is 41.6 Å². The maximum atomic E-state index is 14.8. The highest BCUT2D eigenvalue weighted by atomic mass is 16.6. The molecule has 0 unspecified atom stereocenters. The van der Waals surface area contributed by atoms with Crippen LogP contribution in [0.1, 0.15) is 36.5 Å². The molecule has 2 aromatic rings. The number of carbonyl (C=O) groups excluding carboxylic acids is 3. The predicted octanol–water partition coefficient (Wildman–Crippen LogP) is 3.36. The second-order valence-electron chi connectivity index (χ2n) is 11.1. The van der Waals surface area contributed by atoms with E-state index in [-0.39, 0.29) is 31.6 Å². The fraction of sp³-hybridized carbons (Fsp3) is 0.469. The molecule has 6 atom stereocenters. The van der Waals surface area contributed by atoms with Crippen LogP contribution in [0.25, 0.3) is 0 Å². The van der Waals surface area contributed by atoms with Crippen molar-refractivity contribution in [3.8, 4) is 0 Å². The zero-order chi connectivity index (χ0) is 28.6. The lowest BCUT2D eigenvalue weighted by atomic mass is 9.70. The molecule has 8 nitrogen and oxygen atoms in total. The quantitative estimate of drug-likeness (QED) is 0.363. The van der Waals surface area contributed by atoms with Gasteiger partial charge in [0.15, 0.2) is 0 Å². The van der Waals surface area contributed by atoms with Gasteiger partial charge in [0.05, 0.1) is 37.2 Å². The van der Waals surface area contributed by atoms with Gasteiger partial charge in [-0.2, -0.15) is 0 Å². The summed E-state index contributed by atoms with van der Waals surface area (Å²) in [5, 5.41) is 10.6. The van der Waals surface area contributed by atoms with Crippen LogP contribution in [0.4, 0.5) is 5.69 Å². The first-order chi connectivity index (χ1) is 19.3. The lowest BCUT2D eigenvalue weighted by molar-refractivity contribution is -0.155. The highest BCUT2D eigenvalue weighted by Crippen LogP contribution is 2.59. The van der Waals surface area contributed by atoms with Crippen LogP contribution in [-0.4, -0.2) is 71.3 Å². The average molecular weight is 547 g/mol. The van der Waals surface area contributed by atoms with E-state index in [1.807, 2.05) is 62.4 Å². The first-order valence-electron chi connectivity index (χ1n) is 14.1. The number of hydrogen-bond donors (Lipinski definition) is 1. The minimum atomic E-state index is -1.18. The molecule has 212 valence electrons.